The van der Waals surface area contributed by atoms with Gasteiger partial charge in [0, 0.05) is 23.4 Å². The zero-order valence-electron chi connectivity index (χ0n) is 19.0. The van der Waals surface area contributed by atoms with E-state index < -0.39 is 34.1 Å². The summed E-state index contributed by atoms with van der Waals surface area (Å²) >= 11 is 12.7. The van der Waals surface area contributed by atoms with Gasteiger partial charge in [0.05, 0.1) is 15.0 Å². The van der Waals surface area contributed by atoms with Gasteiger partial charge < -0.3 is 10.1 Å². The number of nitro groups is 1. The Bertz CT molecular complexity index is 1530. The van der Waals surface area contributed by atoms with Crippen molar-refractivity contribution in [3.63, 3.8) is 0 Å². The number of carbonyl (C=O) groups is 2. The van der Waals surface area contributed by atoms with Crippen LogP contribution in [0.25, 0.3) is 11.1 Å². The monoisotopic (exact) mass is 557 g/mol. The highest BCUT2D eigenvalue weighted by molar-refractivity contribution is 6.37. The minimum absolute atomic E-state index is 0.00479. The van der Waals surface area contributed by atoms with Gasteiger partial charge in [0.2, 0.25) is 0 Å². The molecule has 12 heteroatoms. The van der Waals surface area contributed by atoms with Crippen LogP contribution in [0.3, 0.4) is 0 Å². The van der Waals surface area contributed by atoms with E-state index in [1.807, 2.05) is 5.32 Å². The highest BCUT2D eigenvalue weighted by Crippen LogP contribution is 2.42. The van der Waals surface area contributed by atoms with Gasteiger partial charge in [-0.1, -0.05) is 59.6 Å². The second kappa shape index (κ2) is 11.2. The number of non-ortho nitro benzene ring substituents is 1. The maximum absolute atomic E-state index is 13.8. The molecule has 3 amide bonds. The summed E-state index contributed by atoms with van der Waals surface area (Å²) in [6, 6.07) is 17.1. The summed E-state index contributed by atoms with van der Waals surface area (Å²) in [5.74, 6) is -3.34. The number of imide groups is 1. The molecule has 0 aliphatic carbocycles. The molecule has 0 aromatic heterocycles. The number of urea groups is 1. The Hall–Kier alpha value is -4.54. The fourth-order valence-electron chi connectivity index (χ4n) is 3.45. The number of ether oxygens (including phenoxy) is 1. The first-order valence-electron chi connectivity index (χ1n) is 10.7. The molecule has 192 valence electrons. The number of hydrogen-bond donors (Lipinski definition) is 2. The molecule has 38 heavy (non-hydrogen) atoms. The summed E-state index contributed by atoms with van der Waals surface area (Å²) in [6.07, 6.45) is 0. The summed E-state index contributed by atoms with van der Waals surface area (Å²) in [7, 11) is 0. The van der Waals surface area contributed by atoms with Gasteiger partial charge in [-0.2, -0.15) is 0 Å². The first-order valence-corrected chi connectivity index (χ1v) is 11.5. The Labute approximate surface area is 223 Å². The van der Waals surface area contributed by atoms with Gasteiger partial charge in [-0.3, -0.25) is 20.2 Å². The molecule has 8 nitrogen and oxygen atoms in total. The lowest BCUT2D eigenvalue weighted by Crippen LogP contribution is -2.35. The Kier molecular flexibility index (Phi) is 7.85. The Morgan fingerprint density at radius 2 is 1.50 bits per heavy atom. The molecule has 0 unspecified atom stereocenters. The van der Waals surface area contributed by atoms with E-state index in [9.17, 15) is 28.5 Å². The molecule has 0 aliphatic rings. The van der Waals surface area contributed by atoms with Gasteiger partial charge in [-0.05, 0) is 35.9 Å². The van der Waals surface area contributed by atoms with E-state index in [1.165, 1.54) is 30.3 Å². The highest BCUT2D eigenvalue weighted by Gasteiger charge is 2.21. The predicted molar refractivity (Wildman–Crippen MR) is 138 cm³/mol. The number of halogens is 4. The number of hydrogen-bond acceptors (Lipinski definition) is 5. The number of anilines is 1. The van der Waals surface area contributed by atoms with Crippen LogP contribution < -0.4 is 15.4 Å². The minimum atomic E-state index is -1.29. The molecule has 0 aliphatic heterocycles. The van der Waals surface area contributed by atoms with Crippen molar-refractivity contribution < 1.29 is 28.0 Å². The number of carbonyl (C=O) groups excluding carboxylic acids is 2. The van der Waals surface area contributed by atoms with Crippen LogP contribution in [0.1, 0.15) is 10.4 Å². The van der Waals surface area contributed by atoms with Gasteiger partial charge in [0.1, 0.15) is 22.9 Å². The summed E-state index contributed by atoms with van der Waals surface area (Å²) < 4.78 is 33.5. The lowest BCUT2D eigenvalue weighted by molar-refractivity contribution is -0.384. The Morgan fingerprint density at radius 1 is 0.868 bits per heavy atom. The Morgan fingerprint density at radius 3 is 2.11 bits per heavy atom. The van der Waals surface area contributed by atoms with E-state index in [2.05, 4.69) is 5.32 Å². The third kappa shape index (κ3) is 5.88. The minimum Gasteiger partial charge on any atom is -0.454 e. The fraction of sp³-hybridized carbons (Fsp3) is 0. The van der Waals surface area contributed by atoms with Crippen LogP contribution in [-0.4, -0.2) is 16.9 Å². The van der Waals surface area contributed by atoms with Crippen molar-refractivity contribution in [2.24, 2.45) is 0 Å². The summed E-state index contributed by atoms with van der Waals surface area (Å²) in [4.78, 5) is 35.1. The van der Waals surface area contributed by atoms with E-state index >= 15 is 0 Å². The van der Waals surface area contributed by atoms with Crippen molar-refractivity contribution in [3.05, 3.63) is 116 Å². The van der Waals surface area contributed by atoms with Crippen LogP contribution in [-0.2, 0) is 0 Å². The molecule has 0 atom stereocenters. The van der Waals surface area contributed by atoms with E-state index in [1.54, 1.807) is 30.3 Å². The highest BCUT2D eigenvalue weighted by atomic mass is 35.5. The van der Waals surface area contributed by atoms with Crippen LogP contribution in [0.15, 0.2) is 78.9 Å². The summed E-state index contributed by atoms with van der Waals surface area (Å²) in [5, 5.41) is 15.3. The standard InChI is InChI=1S/C26H15Cl2F2N3O5/c27-18-11-15(31-26(35)32-25(34)23-20(29)7-4-8-21(23)30)12-19(28)24(18)38-22-10-9-16(33(36)37)13-17(22)14-5-2-1-3-6-14/h1-13H,(H2,31,32,34,35). The van der Waals surface area contributed by atoms with Crippen molar-refractivity contribution in [2.75, 3.05) is 5.32 Å². The van der Waals surface area contributed by atoms with Gasteiger partial charge in [0.25, 0.3) is 11.6 Å². The van der Waals surface area contributed by atoms with Gasteiger partial charge in [0.15, 0.2) is 5.75 Å². The van der Waals surface area contributed by atoms with Crippen LogP contribution in [0.4, 0.5) is 25.0 Å². The molecule has 4 aromatic carbocycles. The zero-order chi connectivity index (χ0) is 27.4. The first-order chi connectivity index (χ1) is 18.1. The third-order valence-electron chi connectivity index (χ3n) is 5.14. The smallest absolute Gasteiger partial charge is 0.326 e. The normalized spacial score (nSPS) is 10.5. The molecule has 0 saturated carbocycles. The first kappa shape index (κ1) is 26.5. The number of rotatable bonds is 6. The summed E-state index contributed by atoms with van der Waals surface area (Å²) in [5.41, 5.74) is 0.0268. The fourth-order valence-corrected chi connectivity index (χ4v) is 4.01. The molecule has 2 N–H and O–H groups in total. The maximum atomic E-state index is 13.8. The number of nitrogens with zero attached hydrogens (tertiary/aromatic N) is 1. The van der Waals surface area contributed by atoms with Crippen molar-refractivity contribution in [1.29, 1.82) is 0 Å². The van der Waals surface area contributed by atoms with Crippen LogP contribution >= 0.6 is 23.2 Å². The van der Waals surface area contributed by atoms with Gasteiger partial charge >= 0.3 is 6.03 Å². The number of nitro benzene ring substituents is 1. The van der Waals surface area contributed by atoms with Crippen LogP contribution in [0, 0.1) is 21.7 Å². The number of nitrogens with one attached hydrogen (secondary N) is 2. The lowest BCUT2D eigenvalue weighted by atomic mass is 10.0. The second-order valence-electron chi connectivity index (χ2n) is 7.68. The molecule has 0 heterocycles. The van der Waals surface area contributed by atoms with Crippen molar-refractivity contribution >= 4 is 46.5 Å². The second-order valence-corrected chi connectivity index (χ2v) is 8.49. The molecular weight excluding hydrogens is 543 g/mol. The van der Waals surface area contributed by atoms with Gasteiger partial charge in [-0.25, -0.2) is 13.6 Å². The lowest BCUT2D eigenvalue weighted by Gasteiger charge is -2.15. The molecule has 0 fully saturated rings. The van der Waals surface area contributed by atoms with Crippen LogP contribution in [0.2, 0.25) is 10.0 Å². The molecule has 0 radical (unpaired) electrons. The van der Waals surface area contributed by atoms with E-state index in [-0.39, 0.29) is 32.9 Å². The predicted octanol–water partition coefficient (Wildman–Crippen LogP) is 7.60. The molecular formula is C26H15Cl2F2N3O5. The molecule has 0 bridgehead atoms. The van der Waals surface area contributed by atoms with E-state index in [0.717, 1.165) is 18.2 Å². The van der Waals surface area contributed by atoms with Crippen LogP contribution in [0.5, 0.6) is 11.5 Å². The van der Waals surface area contributed by atoms with E-state index in [0.29, 0.717) is 11.1 Å². The SMILES string of the molecule is O=C(NC(=O)c1c(F)cccc1F)Nc1cc(Cl)c(Oc2ccc([N+](=O)[O-])cc2-c2ccccc2)c(Cl)c1. The maximum Gasteiger partial charge on any atom is 0.326 e. The summed E-state index contributed by atoms with van der Waals surface area (Å²) in [6.45, 7) is 0. The van der Waals surface area contributed by atoms with Crippen molar-refractivity contribution in [1.82, 2.24) is 5.32 Å². The average molecular weight is 558 g/mol. The van der Waals surface area contributed by atoms with E-state index in [4.69, 9.17) is 27.9 Å². The number of benzene rings is 4. The quantitative estimate of drug-likeness (QED) is 0.187. The number of amides is 3. The zero-order valence-corrected chi connectivity index (χ0v) is 20.5. The Balaban J connectivity index is 1.56. The molecule has 4 rings (SSSR count). The molecule has 0 spiro atoms. The van der Waals surface area contributed by atoms with Crippen molar-refractivity contribution in [3.8, 4) is 22.6 Å². The third-order valence-corrected chi connectivity index (χ3v) is 5.71. The molecule has 0 saturated heterocycles. The average Bonchev–Trinajstić information content (AvgIpc) is 2.86. The topological polar surface area (TPSA) is 111 Å². The molecule has 4 aromatic rings. The van der Waals surface area contributed by atoms with Crippen molar-refractivity contribution in [2.45, 2.75) is 0 Å². The van der Waals surface area contributed by atoms with Gasteiger partial charge in [-0.15, -0.1) is 0 Å². The largest absolute Gasteiger partial charge is 0.454 e.